The smallest absolute Gasteiger partial charge is 0.261 e. The Balaban J connectivity index is 3.78. The lowest BCUT2D eigenvalue weighted by Gasteiger charge is -2.21. The minimum atomic E-state index is -2.50. The first-order chi connectivity index (χ1) is 7.28. The van der Waals surface area contributed by atoms with Crippen LogP contribution in [0.1, 0.15) is 13.8 Å². The molecule has 0 aromatic heterocycles. The average Bonchev–Trinajstić information content (AvgIpc) is 2.16. The average molecular weight is 254 g/mol. The van der Waals surface area contributed by atoms with Crippen LogP contribution in [0, 0.1) is 5.41 Å². The van der Waals surface area contributed by atoms with Gasteiger partial charge >= 0.3 is 0 Å². The molecule has 16 heavy (non-hydrogen) atoms. The highest BCUT2D eigenvalue weighted by Crippen LogP contribution is 2.14. The number of nitrogens with one attached hydrogen (secondary N) is 1. The van der Waals surface area contributed by atoms with Gasteiger partial charge in [0.1, 0.15) is 6.61 Å². The number of amides is 1. The fourth-order valence-corrected chi connectivity index (χ4v) is 0.835. The van der Waals surface area contributed by atoms with E-state index in [4.69, 9.17) is 18.0 Å². The summed E-state index contributed by atoms with van der Waals surface area (Å²) in [6.45, 7) is 2.73. The third kappa shape index (κ3) is 5.32. The summed E-state index contributed by atoms with van der Waals surface area (Å²) in [5.41, 5.74) is 4.44. The third-order valence-corrected chi connectivity index (χ3v) is 2.47. The fourth-order valence-electron chi connectivity index (χ4n) is 0.742. The molecule has 1 amide bonds. The number of carbonyl (C=O) groups excluding carboxylic acids is 1. The molecular weight excluding hydrogens is 238 g/mol. The number of hydrogen-bond donors (Lipinski definition) is 2. The van der Waals surface area contributed by atoms with Crippen LogP contribution >= 0.6 is 12.2 Å². The Morgan fingerprint density at radius 1 is 1.56 bits per heavy atom. The number of thiocarbonyl (C=S) groups is 1. The highest BCUT2D eigenvalue weighted by Gasteiger charge is 2.30. The lowest BCUT2D eigenvalue weighted by Crippen LogP contribution is -2.45. The van der Waals surface area contributed by atoms with Crippen LogP contribution in [0.4, 0.5) is 8.78 Å². The number of nitrogens with two attached hydrogens (primary N) is 1. The zero-order valence-corrected chi connectivity index (χ0v) is 10.1. The summed E-state index contributed by atoms with van der Waals surface area (Å²) in [6.07, 6.45) is -2.50. The van der Waals surface area contributed by atoms with Gasteiger partial charge < -0.3 is 15.8 Å². The van der Waals surface area contributed by atoms with Gasteiger partial charge in [-0.1, -0.05) is 12.2 Å². The van der Waals surface area contributed by atoms with E-state index in [2.05, 4.69) is 10.1 Å². The highest BCUT2D eigenvalue weighted by molar-refractivity contribution is 7.80. The predicted octanol–water partition coefficient (Wildman–Crippen LogP) is 0.697. The Morgan fingerprint density at radius 3 is 2.56 bits per heavy atom. The molecule has 0 saturated heterocycles. The van der Waals surface area contributed by atoms with Gasteiger partial charge in [-0.2, -0.15) is 0 Å². The molecule has 0 atom stereocenters. The molecule has 0 aromatic carbocycles. The molecule has 0 heterocycles. The van der Waals surface area contributed by atoms with Gasteiger partial charge in [0.15, 0.2) is 0 Å². The van der Waals surface area contributed by atoms with Crippen molar-refractivity contribution in [3.8, 4) is 0 Å². The first-order valence-corrected chi connectivity index (χ1v) is 5.13. The second-order valence-corrected chi connectivity index (χ2v) is 4.15. The Labute approximate surface area is 98.5 Å². The Morgan fingerprint density at radius 2 is 2.12 bits per heavy atom. The zero-order chi connectivity index (χ0) is 12.8. The SMILES string of the molecule is CC(C)(C(=O)NCCOCC(F)F)C(N)=S. The molecule has 0 unspecified atom stereocenters. The summed E-state index contributed by atoms with van der Waals surface area (Å²) in [5.74, 6) is -0.347. The highest BCUT2D eigenvalue weighted by atomic mass is 32.1. The molecule has 7 heteroatoms. The molecule has 3 N–H and O–H groups in total. The van der Waals surface area contributed by atoms with Gasteiger partial charge in [0.05, 0.1) is 17.0 Å². The summed E-state index contributed by atoms with van der Waals surface area (Å²) in [5, 5.41) is 2.50. The molecular formula is C9H16F2N2O2S. The normalized spacial score (nSPS) is 11.6. The van der Waals surface area contributed by atoms with Gasteiger partial charge in [-0.05, 0) is 13.8 Å². The lowest BCUT2D eigenvalue weighted by molar-refractivity contribution is -0.126. The molecule has 0 saturated carbocycles. The molecule has 0 fully saturated rings. The van der Waals surface area contributed by atoms with Crippen molar-refractivity contribution in [3.63, 3.8) is 0 Å². The third-order valence-electron chi connectivity index (χ3n) is 1.96. The summed E-state index contributed by atoms with van der Waals surface area (Å²) in [7, 11) is 0. The van der Waals surface area contributed by atoms with E-state index in [0.717, 1.165) is 0 Å². The van der Waals surface area contributed by atoms with E-state index in [0.29, 0.717) is 0 Å². The van der Waals surface area contributed by atoms with Crippen molar-refractivity contribution in [1.29, 1.82) is 0 Å². The van der Waals surface area contributed by atoms with Crippen LogP contribution in [-0.2, 0) is 9.53 Å². The van der Waals surface area contributed by atoms with E-state index in [9.17, 15) is 13.6 Å². The molecule has 0 aliphatic carbocycles. The minimum absolute atomic E-state index is 0.0312. The van der Waals surface area contributed by atoms with E-state index >= 15 is 0 Å². The summed E-state index contributed by atoms with van der Waals surface area (Å²) in [4.78, 5) is 11.6. The maximum absolute atomic E-state index is 11.7. The van der Waals surface area contributed by atoms with Crippen LogP contribution < -0.4 is 11.1 Å². The molecule has 0 radical (unpaired) electrons. The summed E-state index contributed by atoms with van der Waals surface area (Å²) in [6, 6.07) is 0. The molecule has 0 rings (SSSR count). The van der Waals surface area contributed by atoms with Crippen LogP contribution in [0.25, 0.3) is 0 Å². The number of alkyl halides is 2. The second kappa shape index (κ2) is 6.70. The van der Waals surface area contributed by atoms with Gasteiger partial charge in [-0.25, -0.2) is 8.78 Å². The van der Waals surface area contributed by atoms with Gasteiger partial charge in [0, 0.05) is 6.54 Å². The Hall–Kier alpha value is -0.820. The molecule has 0 bridgehead atoms. The number of hydrogen-bond acceptors (Lipinski definition) is 3. The van der Waals surface area contributed by atoms with Crippen LogP contribution in [0.5, 0.6) is 0 Å². The summed E-state index contributed by atoms with van der Waals surface area (Å²) < 4.78 is 27.9. The fraction of sp³-hybridized carbons (Fsp3) is 0.778. The number of carbonyl (C=O) groups is 1. The van der Waals surface area contributed by atoms with E-state index in [1.54, 1.807) is 13.8 Å². The molecule has 4 nitrogen and oxygen atoms in total. The van der Waals surface area contributed by atoms with Crippen molar-refractivity contribution >= 4 is 23.1 Å². The van der Waals surface area contributed by atoms with Crippen molar-refractivity contribution in [1.82, 2.24) is 5.32 Å². The van der Waals surface area contributed by atoms with Gasteiger partial charge in [0.25, 0.3) is 6.43 Å². The minimum Gasteiger partial charge on any atom is -0.392 e. The topological polar surface area (TPSA) is 64.3 Å². The van der Waals surface area contributed by atoms with Gasteiger partial charge in [-0.15, -0.1) is 0 Å². The number of rotatable bonds is 7. The standard InChI is InChI=1S/C9H16F2N2O2S/c1-9(2,7(12)16)8(14)13-3-4-15-5-6(10)11/h6H,3-5H2,1-2H3,(H2,12,16)(H,13,14). The van der Waals surface area contributed by atoms with E-state index in [1.165, 1.54) is 0 Å². The summed E-state index contributed by atoms with van der Waals surface area (Å²) >= 11 is 4.73. The molecule has 0 aromatic rings. The van der Waals surface area contributed by atoms with E-state index in [-0.39, 0.29) is 24.0 Å². The monoisotopic (exact) mass is 254 g/mol. The van der Waals surface area contributed by atoms with E-state index < -0.39 is 18.4 Å². The second-order valence-electron chi connectivity index (χ2n) is 3.71. The van der Waals surface area contributed by atoms with Crippen molar-refractivity contribution in [2.45, 2.75) is 20.3 Å². The van der Waals surface area contributed by atoms with Crippen LogP contribution in [0.15, 0.2) is 0 Å². The Bertz CT molecular complexity index is 260. The lowest BCUT2D eigenvalue weighted by atomic mass is 9.92. The molecule has 0 aliphatic rings. The van der Waals surface area contributed by atoms with Crippen LogP contribution in [-0.4, -0.2) is 37.1 Å². The molecule has 94 valence electrons. The van der Waals surface area contributed by atoms with Gasteiger partial charge in [-0.3, -0.25) is 4.79 Å². The van der Waals surface area contributed by atoms with Crippen molar-refractivity contribution in [3.05, 3.63) is 0 Å². The van der Waals surface area contributed by atoms with Crippen molar-refractivity contribution < 1.29 is 18.3 Å². The maximum Gasteiger partial charge on any atom is 0.261 e. The maximum atomic E-state index is 11.7. The quantitative estimate of drug-likeness (QED) is 0.518. The zero-order valence-electron chi connectivity index (χ0n) is 9.26. The van der Waals surface area contributed by atoms with Crippen LogP contribution in [0.3, 0.4) is 0 Å². The van der Waals surface area contributed by atoms with Crippen molar-refractivity contribution in [2.24, 2.45) is 11.1 Å². The molecule has 0 aliphatic heterocycles. The first-order valence-electron chi connectivity index (χ1n) is 4.72. The van der Waals surface area contributed by atoms with Crippen LogP contribution in [0.2, 0.25) is 0 Å². The largest absolute Gasteiger partial charge is 0.392 e. The first kappa shape index (κ1) is 15.2. The number of halogens is 2. The number of ether oxygens (including phenoxy) is 1. The predicted molar refractivity (Wildman–Crippen MR) is 60.4 cm³/mol. The van der Waals surface area contributed by atoms with Gasteiger partial charge in [0.2, 0.25) is 5.91 Å². The Kier molecular flexibility index (Phi) is 6.35. The molecule has 0 spiro atoms. The van der Waals surface area contributed by atoms with Crippen molar-refractivity contribution in [2.75, 3.05) is 19.8 Å². The van der Waals surface area contributed by atoms with E-state index in [1.807, 2.05) is 0 Å².